The highest BCUT2D eigenvalue weighted by molar-refractivity contribution is 9.11. The molecular weight excluding hydrogens is 252 g/mol. The van der Waals surface area contributed by atoms with Gasteiger partial charge in [0.1, 0.15) is 0 Å². The van der Waals surface area contributed by atoms with E-state index < -0.39 is 5.97 Å². The molecule has 0 aliphatic heterocycles. The number of carboxylic acid groups (broad SMARTS) is 1. The van der Waals surface area contributed by atoms with Gasteiger partial charge < -0.3 is 5.11 Å². The largest absolute Gasteiger partial charge is 0.481 e. The minimum atomic E-state index is -0.694. The summed E-state index contributed by atoms with van der Waals surface area (Å²) >= 11 is 5.15. The molecule has 2 nitrogen and oxygen atoms in total. The smallest absolute Gasteiger partial charge is 0.303 e. The van der Waals surface area contributed by atoms with E-state index in [2.05, 4.69) is 22.0 Å². The quantitative estimate of drug-likeness (QED) is 0.888. The highest BCUT2D eigenvalue weighted by Crippen LogP contribution is 2.42. The first-order chi connectivity index (χ1) is 6.16. The van der Waals surface area contributed by atoms with E-state index in [-0.39, 0.29) is 12.3 Å². The highest BCUT2D eigenvalue weighted by atomic mass is 79.9. The Balaban J connectivity index is 2.22. The Morgan fingerprint density at radius 3 is 3.23 bits per heavy atom. The molecule has 1 aromatic rings. The van der Waals surface area contributed by atoms with E-state index in [1.165, 1.54) is 10.4 Å². The van der Waals surface area contributed by atoms with Crippen LogP contribution in [0.3, 0.4) is 0 Å². The van der Waals surface area contributed by atoms with Crippen LogP contribution in [-0.2, 0) is 11.2 Å². The summed E-state index contributed by atoms with van der Waals surface area (Å²) in [4.78, 5) is 11.9. The van der Waals surface area contributed by atoms with Crippen LogP contribution >= 0.6 is 27.3 Å². The molecule has 13 heavy (non-hydrogen) atoms. The lowest BCUT2D eigenvalue weighted by Crippen LogP contribution is -2.02. The number of rotatable bonds is 2. The molecule has 0 bridgehead atoms. The van der Waals surface area contributed by atoms with Gasteiger partial charge in [-0.3, -0.25) is 4.79 Å². The molecule has 1 aliphatic rings. The van der Waals surface area contributed by atoms with Crippen molar-refractivity contribution in [2.24, 2.45) is 0 Å². The number of aliphatic carboxylic acids is 1. The summed E-state index contributed by atoms with van der Waals surface area (Å²) in [5.41, 5.74) is 1.25. The SMILES string of the molecule is O=C(O)CC1CCc2sc(Br)cc21. The van der Waals surface area contributed by atoms with Gasteiger partial charge in [0, 0.05) is 4.88 Å². The van der Waals surface area contributed by atoms with Crippen molar-refractivity contribution in [1.29, 1.82) is 0 Å². The Kier molecular flexibility index (Phi) is 2.43. The maximum Gasteiger partial charge on any atom is 0.303 e. The molecule has 1 aromatic heterocycles. The molecule has 0 saturated heterocycles. The molecule has 0 saturated carbocycles. The van der Waals surface area contributed by atoms with E-state index in [0.29, 0.717) is 0 Å². The summed E-state index contributed by atoms with van der Waals surface area (Å²) in [6, 6.07) is 2.07. The van der Waals surface area contributed by atoms with E-state index in [0.717, 1.165) is 16.6 Å². The summed E-state index contributed by atoms with van der Waals surface area (Å²) < 4.78 is 1.12. The van der Waals surface area contributed by atoms with Crippen molar-refractivity contribution in [3.8, 4) is 0 Å². The van der Waals surface area contributed by atoms with Gasteiger partial charge >= 0.3 is 5.97 Å². The summed E-state index contributed by atoms with van der Waals surface area (Å²) in [5.74, 6) is -0.449. The molecule has 1 heterocycles. The molecule has 1 N–H and O–H groups in total. The summed E-state index contributed by atoms with van der Waals surface area (Å²) in [6.07, 6.45) is 2.32. The van der Waals surface area contributed by atoms with Gasteiger partial charge in [-0.2, -0.15) is 0 Å². The van der Waals surface area contributed by atoms with Gasteiger partial charge in [0.15, 0.2) is 0 Å². The summed E-state index contributed by atoms with van der Waals surface area (Å²) in [7, 11) is 0. The van der Waals surface area contributed by atoms with Crippen LogP contribution in [0.15, 0.2) is 9.85 Å². The number of hydrogen-bond acceptors (Lipinski definition) is 2. The maximum absolute atomic E-state index is 10.6. The van der Waals surface area contributed by atoms with Crippen LogP contribution in [0.5, 0.6) is 0 Å². The van der Waals surface area contributed by atoms with Gasteiger partial charge in [-0.25, -0.2) is 0 Å². The predicted octanol–water partition coefficient (Wildman–Crippen LogP) is 3.02. The number of carboxylic acids is 1. The van der Waals surface area contributed by atoms with E-state index in [1.54, 1.807) is 11.3 Å². The van der Waals surface area contributed by atoms with Crippen molar-refractivity contribution in [1.82, 2.24) is 0 Å². The molecule has 0 amide bonds. The number of carbonyl (C=O) groups is 1. The molecule has 1 aliphatic carbocycles. The van der Waals surface area contributed by atoms with Gasteiger partial charge in [0.05, 0.1) is 10.2 Å². The van der Waals surface area contributed by atoms with Gasteiger partial charge in [0.2, 0.25) is 0 Å². The molecule has 0 fully saturated rings. The van der Waals surface area contributed by atoms with Gasteiger partial charge in [-0.15, -0.1) is 11.3 Å². The van der Waals surface area contributed by atoms with Gasteiger partial charge in [-0.05, 0) is 46.3 Å². The van der Waals surface area contributed by atoms with Crippen LogP contribution in [0, 0.1) is 0 Å². The Morgan fingerprint density at radius 2 is 2.54 bits per heavy atom. The first-order valence-electron chi connectivity index (χ1n) is 4.16. The van der Waals surface area contributed by atoms with Crippen molar-refractivity contribution in [2.45, 2.75) is 25.2 Å². The van der Waals surface area contributed by atoms with Gasteiger partial charge in [-0.1, -0.05) is 0 Å². The van der Waals surface area contributed by atoms with Crippen LogP contribution in [0.1, 0.15) is 29.2 Å². The predicted molar refractivity (Wildman–Crippen MR) is 55.3 cm³/mol. The van der Waals surface area contributed by atoms with Crippen molar-refractivity contribution < 1.29 is 9.90 Å². The van der Waals surface area contributed by atoms with Gasteiger partial charge in [0.25, 0.3) is 0 Å². The lowest BCUT2D eigenvalue weighted by Gasteiger charge is -2.04. The Hall–Kier alpha value is -0.350. The van der Waals surface area contributed by atoms with Crippen LogP contribution in [0.4, 0.5) is 0 Å². The molecule has 70 valence electrons. The lowest BCUT2D eigenvalue weighted by atomic mass is 10.0. The third kappa shape index (κ3) is 1.79. The van der Waals surface area contributed by atoms with E-state index in [9.17, 15) is 4.79 Å². The van der Waals surface area contributed by atoms with E-state index in [4.69, 9.17) is 5.11 Å². The molecule has 0 radical (unpaired) electrons. The minimum absolute atomic E-state index is 0.245. The number of halogens is 1. The number of hydrogen-bond donors (Lipinski definition) is 1. The second kappa shape index (κ2) is 3.42. The van der Waals surface area contributed by atoms with E-state index >= 15 is 0 Å². The Morgan fingerprint density at radius 1 is 1.77 bits per heavy atom. The fraction of sp³-hybridized carbons (Fsp3) is 0.444. The topological polar surface area (TPSA) is 37.3 Å². The third-order valence-electron chi connectivity index (χ3n) is 2.39. The van der Waals surface area contributed by atoms with Crippen molar-refractivity contribution in [3.05, 3.63) is 20.3 Å². The second-order valence-electron chi connectivity index (χ2n) is 3.26. The maximum atomic E-state index is 10.6. The molecule has 0 spiro atoms. The third-order valence-corrected chi connectivity index (χ3v) is 4.11. The number of aryl methyl sites for hydroxylation is 1. The zero-order chi connectivity index (χ0) is 9.42. The Bertz CT molecular complexity index is 345. The fourth-order valence-electron chi connectivity index (χ4n) is 1.83. The molecule has 0 aromatic carbocycles. The summed E-state index contributed by atoms with van der Waals surface area (Å²) in [6.45, 7) is 0. The molecular formula is C9H9BrO2S. The monoisotopic (exact) mass is 260 g/mol. The van der Waals surface area contributed by atoms with Crippen molar-refractivity contribution >= 4 is 33.2 Å². The molecule has 2 rings (SSSR count). The van der Waals surface area contributed by atoms with Crippen LogP contribution in [-0.4, -0.2) is 11.1 Å². The first-order valence-corrected chi connectivity index (χ1v) is 5.77. The molecule has 1 atom stereocenters. The minimum Gasteiger partial charge on any atom is -0.481 e. The summed E-state index contributed by atoms with van der Waals surface area (Å²) in [5, 5.41) is 8.70. The van der Waals surface area contributed by atoms with Crippen LogP contribution < -0.4 is 0 Å². The zero-order valence-electron chi connectivity index (χ0n) is 6.92. The fourth-order valence-corrected chi connectivity index (χ4v) is 3.65. The zero-order valence-corrected chi connectivity index (χ0v) is 9.32. The van der Waals surface area contributed by atoms with Crippen molar-refractivity contribution in [2.75, 3.05) is 0 Å². The molecule has 4 heteroatoms. The standard InChI is InChI=1S/C9H9BrO2S/c10-8-4-6-5(3-9(11)12)1-2-7(6)13-8/h4-5H,1-3H2,(H,11,12). The van der Waals surface area contributed by atoms with Crippen LogP contribution in [0.25, 0.3) is 0 Å². The average Bonchev–Trinajstić information content (AvgIpc) is 2.51. The number of thiophene rings is 1. The number of fused-ring (bicyclic) bond motifs is 1. The second-order valence-corrected chi connectivity index (χ2v) is 5.78. The van der Waals surface area contributed by atoms with Crippen LogP contribution in [0.2, 0.25) is 0 Å². The first kappa shape index (κ1) is 9.21. The highest BCUT2D eigenvalue weighted by Gasteiger charge is 2.26. The lowest BCUT2D eigenvalue weighted by molar-refractivity contribution is -0.137. The van der Waals surface area contributed by atoms with Crippen molar-refractivity contribution in [3.63, 3.8) is 0 Å². The van der Waals surface area contributed by atoms with E-state index in [1.807, 2.05) is 0 Å². The normalized spacial score (nSPS) is 20.2. The molecule has 1 unspecified atom stereocenters. The average molecular weight is 261 g/mol. The Labute approximate surface area is 88.7 Å².